The number of ether oxygens (including phenoxy) is 2. The summed E-state index contributed by atoms with van der Waals surface area (Å²) in [4.78, 5) is 0. The third kappa shape index (κ3) is 1.38. The monoisotopic (exact) mass is 226 g/mol. The van der Waals surface area contributed by atoms with Crippen LogP contribution in [0.15, 0.2) is 0 Å². The van der Waals surface area contributed by atoms with Crippen LogP contribution in [0.25, 0.3) is 0 Å². The van der Waals surface area contributed by atoms with Crippen LogP contribution in [0.1, 0.15) is 32.6 Å². The molecule has 5 atom stereocenters. The summed E-state index contributed by atoms with van der Waals surface area (Å²) >= 11 is 0. The molecule has 2 aliphatic carbocycles. The molecule has 3 heteroatoms. The van der Waals surface area contributed by atoms with Gasteiger partial charge in [0.05, 0.1) is 24.9 Å². The van der Waals surface area contributed by atoms with Crippen molar-refractivity contribution in [2.24, 2.45) is 17.8 Å². The van der Waals surface area contributed by atoms with Gasteiger partial charge in [0.15, 0.2) is 0 Å². The van der Waals surface area contributed by atoms with E-state index in [0.29, 0.717) is 11.8 Å². The van der Waals surface area contributed by atoms with E-state index < -0.39 is 0 Å². The summed E-state index contributed by atoms with van der Waals surface area (Å²) in [5.74, 6) is 2.20. The Kier molecular flexibility index (Phi) is 2.73. The minimum Gasteiger partial charge on any atom is -0.394 e. The number of hydrogen-bond donors (Lipinski definition) is 1. The van der Waals surface area contributed by atoms with Crippen molar-refractivity contribution in [3.05, 3.63) is 0 Å². The minimum absolute atomic E-state index is 0.00524. The third-order valence-electron chi connectivity index (χ3n) is 4.79. The smallest absolute Gasteiger partial charge is 0.0956 e. The molecule has 1 N–H and O–H groups in total. The first-order valence-electron chi connectivity index (χ1n) is 6.67. The lowest BCUT2D eigenvalue weighted by Gasteiger charge is -2.58. The average molecular weight is 226 g/mol. The van der Waals surface area contributed by atoms with Crippen molar-refractivity contribution in [1.29, 1.82) is 0 Å². The maximum Gasteiger partial charge on any atom is 0.0956 e. The van der Waals surface area contributed by atoms with Gasteiger partial charge in [-0.15, -0.1) is 0 Å². The van der Waals surface area contributed by atoms with Crippen LogP contribution >= 0.6 is 0 Å². The van der Waals surface area contributed by atoms with E-state index in [2.05, 4.69) is 6.92 Å². The molecule has 2 saturated carbocycles. The molecule has 1 aliphatic heterocycles. The van der Waals surface area contributed by atoms with Crippen LogP contribution in [-0.2, 0) is 9.47 Å². The van der Waals surface area contributed by atoms with E-state index in [1.807, 2.05) is 0 Å². The molecule has 3 nitrogen and oxygen atoms in total. The van der Waals surface area contributed by atoms with Gasteiger partial charge >= 0.3 is 0 Å². The SMILES string of the molecule is CCCCOC[C@]12CC3CC(C31)[C@H](CO)O2. The van der Waals surface area contributed by atoms with E-state index in [1.165, 1.54) is 12.8 Å². The summed E-state index contributed by atoms with van der Waals surface area (Å²) < 4.78 is 11.8. The van der Waals surface area contributed by atoms with E-state index in [1.54, 1.807) is 0 Å². The molecule has 0 aromatic rings. The van der Waals surface area contributed by atoms with Crippen molar-refractivity contribution in [2.45, 2.75) is 44.3 Å². The summed E-state index contributed by atoms with van der Waals surface area (Å²) in [6, 6.07) is 0. The molecule has 92 valence electrons. The van der Waals surface area contributed by atoms with Crippen molar-refractivity contribution in [3.63, 3.8) is 0 Å². The summed E-state index contributed by atoms with van der Waals surface area (Å²) in [7, 11) is 0. The van der Waals surface area contributed by atoms with Crippen molar-refractivity contribution in [2.75, 3.05) is 19.8 Å². The molecular formula is C13H22O3. The lowest BCUT2D eigenvalue weighted by molar-refractivity contribution is -0.192. The zero-order valence-electron chi connectivity index (χ0n) is 10.0. The van der Waals surface area contributed by atoms with Gasteiger partial charge in [-0.1, -0.05) is 13.3 Å². The van der Waals surface area contributed by atoms with E-state index in [9.17, 15) is 5.11 Å². The largest absolute Gasteiger partial charge is 0.394 e. The van der Waals surface area contributed by atoms with Crippen LogP contribution < -0.4 is 0 Å². The van der Waals surface area contributed by atoms with Gasteiger partial charge in [-0.05, 0) is 37.0 Å². The van der Waals surface area contributed by atoms with Crippen LogP contribution in [0, 0.1) is 17.8 Å². The third-order valence-corrected chi connectivity index (χ3v) is 4.79. The Bertz CT molecular complexity index is 268. The highest BCUT2D eigenvalue weighted by Gasteiger charge is 2.71. The number of rotatable bonds is 6. The van der Waals surface area contributed by atoms with E-state index >= 15 is 0 Å². The normalized spacial score (nSPS) is 48.4. The molecule has 16 heavy (non-hydrogen) atoms. The Morgan fingerprint density at radius 2 is 2.38 bits per heavy atom. The second-order valence-electron chi connectivity index (χ2n) is 5.70. The molecule has 3 unspecified atom stereocenters. The first kappa shape index (κ1) is 11.0. The van der Waals surface area contributed by atoms with Crippen LogP contribution in [0.2, 0.25) is 0 Å². The lowest BCUT2D eigenvalue weighted by Crippen LogP contribution is -2.61. The highest BCUT2D eigenvalue weighted by atomic mass is 16.6. The summed E-state index contributed by atoms with van der Waals surface area (Å²) in [5, 5.41) is 9.28. The topological polar surface area (TPSA) is 38.7 Å². The second-order valence-corrected chi connectivity index (χ2v) is 5.70. The van der Waals surface area contributed by atoms with E-state index in [0.717, 1.165) is 32.0 Å². The molecule has 0 spiro atoms. The lowest BCUT2D eigenvalue weighted by atomic mass is 9.47. The molecule has 0 bridgehead atoms. The molecular weight excluding hydrogens is 204 g/mol. The Morgan fingerprint density at radius 1 is 1.50 bits per heavy atom. The molecule has 3 fully saturated rings. The van der Waals surface area contributed by atoms with Gasteiger partial charge < -0.3 is 14.6 Å². The molecule has 3 rings (SSSR count). The minimum atomic E-state index is -0.00524. The fourth-order valence-corrected chi connectivity index (χ4v) is 4.00. The highest BCUT2D eigenvalue weighted by molar-refractivity contribution is 5.19. The number of aliphatic hydroxyl groups is 1. The molecule has 3 aliphatic rings. The van der Waals surface area contributed by atoms with Crippen molar-refractivity contribution >= 4 is 0 Å². The van der Waals surface area contributed by atoms with Gasteiger partial charge in [-0.3, -0.25) is 0 Å². The Morgan fingerprint density at radius 3 is 3.06 bits per heavy atom. The standard InChI is InChI=1S/C13H22O3/c1-2-3-4-15-8-13-6-9-5-10(12(9)13)11(7-14)16-13/h9-12,14H,2-8H2,1H3/t9?,10?,11-,12?,13+/m0/s1. The molecule has 0 amide bonds. The van der Waals surface area contributed by atoms with Gasteiger partial charge in [-0.2, -0.15) is 0 Å². The van der Waals surface area contributed by atoms with Gasteiger partial charge in [0.25, 0.3) is 0 Å². The van der Waals surface area contributed by atoms with Crippen LogP contribution in [0.5, 0.6) is 0 Å². The quantitative estimate of drug-likeness (QED) is 0.699. The van der Waals surface area contributed by atoms with Gasteiger partial charge in [0, 0.05) is 6.61 Å². The highest BCUT2D eigenvalue weighted by Crippen LogP contribution is 2.67. The predicted octanol–water partition coefficient (Wildman–Crippen LogP) is 1.59. The Hall–Kier alpha value is -0.120. The first-order valence-corrected chi connectivity index (χ1v) is 6.67. The molecule has 0 aromatic carbocycles. The van der Waals surface area contributed by atoms with Crippen LogP contribution in [0.3, 0.4) is 0 Å². The summed E-state index contributed by atoms with van der Waals surface area (Å²) in [6.45, 7) is 3.97. The molecule has 1 heterocycles. The maximum absolute atomic E-state index is 9.28. The van der Waals surface area contributed by atoms with Crippen molar-refractivity contribution in [3.8, 4) is 0 Å². The molecule has 1 saturated heterocycles. The fourth-order valence-electron chi connectivity index (χ4n) is 4.00. The first-order chi connectivity index (χ1) is 7.80. The van der Waals surface area contributed by atoms with Crippen molar-refractivity contribution < 1.29 is 14.6 Å². The zero-order valence-corrected chi connectivity index (χ0v) is 10.0. The average Bonchev–Trinajstić information content (AvgIpc) is 2.40. The molecule has 0 radical (unpaired) electrons. The summed E-state index contributed by atoms with van der Waals surface area (Å²) in [6.07, 6.45) is 4.85. The Labute approximate surface area is 97.1 Å². The van der Waals surface area contributed by atoms with Crippen LogP contribution in [-0.4, -0.2) is 36.6 Å². The number of aliphatic hydroxyl groups excluding tert-OH is 1. The van der Waals surface area contributed by atoms with Gasteiger partial charge in [0.2, 0.25) is 0 Å². The molecule has 0 aromatic heterocycles. The fraction of sp³-hybridized carbons (Fsp3) is 1.00. The zero-order chi connectivity index (χ0) is 11.2. The van der Waals surface area contributed by atoms with E-state index in [-0.39, 0.29) is 18.3 Å². The van der Waals surface area contributed by atoms with Gasteiger partial charge in [-0.25, -0.2) is 0 Å². The Balaban J connectivity index is 1.54. The maximum atomic E-state index is 9.28. The van der Waals surface area contributed by atoms with Gasteiger partial charge in [0.1, 0.15) is 0 Å². The summed E-state index contributed by atoms with van der Waals surface area (Å²) in [5.41, 5.74) is -0.00524. The van der Waals surface area contributed by atoms with E-state index in [4.69, 9.17) is 9.47 Å². The number of unbranched alkanes of at least 4 members (excludes halogenated alkanes) is 1. The second kappa shape index (κ2) is 3.97. The predicted molar refractivity (Wildman–Crippen MR) is 60.1 cm³/mol. The van der Waals surface area contributed by atoms with Crippen molar-refractivity contribution in [1.82, 2.24) is 0 Å². The van der Waals surface area contributed by atoms with Crippen LogP contribution in [0.4, 0.5) is 0 Å². The number of hydrogen-bond acceptors (Lipinski definition) is 3.